The molecule has 0 fully saturated rings. The summed E-state index contributed by atoms with van der Waals surface area (Å²) in [6.07, 6.45) is -0.667. The van der Waals surface area contributed by atoms with Gasteiger partial charge >= 0.3 is 21.7 Å². The first kappa shape index (κ1) is 73.2. The monoisotopic (exact) mass is 944 g/mol. The molecule has 0 amide bonds. The molecule has 5 N–H and O–H groups in total. The molecule has 0 saturated heterocycles. The van der Waals surface area contributed by atoms with Crippen molar-refractivity contribution in [2.45, 2.75) is 127 Å². The van der Waals surface area contributed by atoms with Crippen molar-refractivity contribution in [2.75, 3.05) is 0 Å². The van der Waals surface area contributed by atoms with Crippen molar-refractivity contribution >= 4 is 10.1 Å². The third-order valence-electron chi connectivity index (χ3n) is 5.80. The molecule has 5 aromatic rings. The Morgan fingerprint density at radius 3 is 0.581 bits per heavy atom. The van der Waals surface area contributed by atoms with Crippen LogP contribution in [0.15, 0.2) is 126 Å². The van der Waals surface area contributed by atoms with Crippen LogP contribution in [0.4, 0.5) is 0 Å². The predicted octanol–water partition coefficient (Wildman–Crippen LogP) is 12.1. The maximum absolute atomic E-state index is 10.5. The third-order valence-corrected chi connectivity index (χ3v) is 6.67. The van der Waals surface area contributed by atoms with Gasteiger partial charge in [0.2, 0.25) is 0 Å². The van der Waals surface area contributed by atoms with Crippen LogP contribution in [0.5, 0.6) is 0 Å². The Kier molecular flexibility index (Phi) is 52.4. The molecule has 0 aliphatic heterocycles. The van der Waals surface area contributed by atoms with Gasteiger partial charge in [-0.2, -0.15) is 107 Å². The van der Waals surface area contributed by atoms with E-state index in [4.69, 9.17) is 25.0 Å². The van der Waals surface area contributed by atoms with E-state index in [0.29, 0.717) is 0 Å². The molecule has 344 valence electrons. The van der Waals surface area contributed by atoms with Crippen LogP contribution in [0.3, 0.4) is 0 Å². The standard InChI is InChI=1S/4C8H9.C7H8O3S.4C3H8O.CH4.2Ti/c4*1-7-3-5-8(2)6-4-7;1-6-2-4-7(5-3-6)11(8,9)10;4*1-3(2)4;;;/h4*3-6H,1H2,2H3;2-5H,1H3,(H,8,9,10);4*3-4H,1-2H3;1H4;;/q4*-1;;;;;;;;+4. The molecule has 0 bridgehead atoms. The number of benzene rings is 5. The van der Waals surface area contributed by atoms with E-state index in [1.165, 1.54) is 34.4 Å². The van der Waals surface area contributed by atoms with E-state index in [0.717, 1.165) is 27.8 Å². The van der Waals surface area contributed by atoms with Crippen LogP contribution in [0.1, 0.15) is 113 Å². The molecular weight excluding hydrogens is 864 g/mol. The van der Waals surface area contributed by atoms with E-state index in [2.05, 4.69) is 104 Å². The summed E-state index contributed by atoms with van der Waals surface area (Å²) in [5.41, 5.74) is 10.4. The van der Waals surface area contributed by atoms with Gasteiger partial charge in [0.25, 0.3) is 10.1 Å². The number of aliphatic hydroxyl groups is 4. The van der Waals surface area contributed by atoms with E-state index < -0.39 is 10.1 Å². The minimum Gasteiger partial charge on any atom is -0.394 e. The summed E-state index contributed by atoms with van der Waals surface area (Å²) >= 11 is 0. The van der Waals surface area contributed by atoms with E-state index in [1.54, 1.807) is 67.5 Å². The number of hydrogen-bond acceptors (Lipinski definition) is 6. The zero-order valence-electron chi connectivity index (χ0n) is 39.1. The molecule has 0 unspecified atom stereocenters. The Hall–Kier alpha value is -3.24. The van der Waals surface area contributed by atoms with Gasteiger partial charge < -0.3 is 20.4 Å². The molecule has 0 atom stereocenters. The summed E-state index contributed by atoms with van der Waals surface area (Å²) in [5.74, 6) is 0. The van der Waals surface area contributed by atoms with Crippen molar-refractivity contribution in [2.24, 2.45) is 0 Å². The molecule has 0 aromatic heterocycles. The summed E-state index contributed by atoms with van der Waals surface area (Å²) in [6, 6.07) is 38.5. The fraction of sp³-hybridized carbons (Fsp3) is 0.346. The van der Waals surface area contributed by atoms with Gasteiger partial charge in [-0.05, 0) is 102 Å². The Labute approximate surface area is 410 Å². The number of hydrogen-bond donors (Lipinski definition) is 5. The third kappa shape index (κ3) is 63.4. The van der Waals surface area contributed by atoms with Gasteiger partial charge in [-0.25, -0.2) is 0 Å². The minimum atomic E-state index is -4.02. The van der Waals surface area contributed by atoms with Crippen molar-refractivity contribution < 1.29 is 76.8 Å². The fourth-order valence-corrected chi connectivity index (χ4v) is 3.54. The molecular formula is C52H80O7STi2. The van der Waals surface area contributed by atoms with Crippen LogP contribution < -0.4 is 0 Å². The van der Waals surface area contributed by atoms with Crippen molar-refractivity contribution in [3.05, 3.63) is 199 Å². The quantitative estimate of drug-likeness (QED) is 0.0641. The number of aryl methyl sites for hydroxylation is 5. The molecule has 0 heterocycles. The SMILES string of the molecule is C.CC(C)O.CC(C)O.CC(C)O.CC(C)O.Cc1ccc(S(=O)(=O)O)cc1.[CH2-]c1ccc(C)cc1.[CH2-]c1ccc(C)cc1.[CH2-]c1ccc(C)cc1.[CH2-]c1ccc(C)cc1.[Ti+4].[Ti]. The van der Waals surface area contributed by atoms with Gasteiger partial charge in [-0.1, -0.05) is 47.4 Å². The summed E-state index contributed by atoms with van der Waals surface area (Å²) < 4.78 is 29.6. The average molecular weight is 945 g/mol. The van der Waals surface area contributed by atoms with E-state index >= 15 is 0 Å². The Bertz CT molecular complexity index is 1480. The molecule has 0 radical (unpaired) electrons. The maximum atomic E-state index is 10.5. The summed E-state index contributed by atoms with van der Waals surface area (Å²) in [4.78, 5) is -0.0666. The largest absolute Gasteiger partial charge is 4.00 e. The zero-order chi connectivity index (χ0) is 46.7. The first-order valence-electron chi connectivity index (χ1n) is 19.4. The molecule has 0 aliphatic carbocycles. The van der Waals surface area contributed by atoms with E-state index in [9.17, 15) is 8.42 Å². The molecule has 0 aliphatic rings. The summed E-state index contributed by atoms with van der Waals surface area (Å²) in [5, 5.41) is 32.2. The second kappa shape index (κ2) is 44.4. The fourth-order valence-electron chi connectivity index (χ4n) is 3.06. The smallest absolute Gasteiger partial charge is 0.394 e. The average Bonchev–Trinajstić information content (AvgIpc) is 3.10. The van der Waals surface area contributed by atoms with Crippen molar-refractivity contribution in [3.63, 3.8) is 0 Å². The Morgan fingerprint density at radius 1 is 0.371 bits per heavy atom. The second-order valence-corrected chi connectivity index (χ2v) is 16.0. The zero-order valence-corrected chi connectivity index (χ0v) is 43.1. The van der Waals surface area contributed by atoms with Crippen LogP contribution >= 0.6 is 0 Å². The normalized spacial score (nSPS) is 9.06. The van der Waals surface area contributed by atoms with Crippen molar-refractivity contribution in [1.82, 2.24) is 0 Å². The Morgan fingerprint density at radius 2 is 0.484 bits per heavy atom. The molecule has 7 nitrogen and oxygen atoms in total. The first-order valence-corrected chi connectivity index (χ1v) is 20.8. The van der Waals surface area contributed by atoms with E-state index in [-0.39, 0.29) is 80.2 Å². The summed E-state index contributed by atoms with van der Waals surface area (Å²) in [6.45, 7) is 38.9. The van der Waals surface area contributed by atoms with Gasteiger partial charge in [0.1, 0.15) is 0 Å². The topological polar surface area (TPSA) is 135 Å². The van der Waals surface area contributed by atoms with Crippen LogP contribution in [0, 0.1) is 62.3 Å². The Balaban J connectivity index is -0.000000112. The maximum Gasteiger partial charge on any atom is 4.00 e. The molecule has 62 heavy (non-hydrogen) atoms. The van der Waals surface area contributed by atoms with Gasteiger partial charge in [-0.15, -0.1) is 48.5 Å². The molecule has 10 heteroatoms. The van der Waals surface area contributed by atoms with Crippen LogP contribution in [0.25, 0.3) is 0 Å². The van der Waals surface area contributed by atoms with Crippen LogP contribution in [-0.4, -0.2) is 57.8 Å². The van der Waals surface area contributed by atoms with Gasteiger partial charge in [0, 0.05) is 46.1 Å². The van der Waals surface area contributed by atoms with Gasteiger partial charge in [-0.3, -0.25) is 4.55 Å². The van der Waals surface area contributed by atoms with Crippen molar-refractivity contribution in [1.29, 1.82) is 0 Å². The summed E-state index contributed by atoms with van der Waals surface area (Å²) in [7, 11) is -4.02. The second-order valence-electron chi connectivity index (χ2n) is 14.6. The molecule has 5 rings (SSSR count). The molecule has 0 spiro atoms. The van der Waals surface area contributed by atoms with Gasteiger partial charge in [0.05, 0.1) is 4.90 Å². The van der Waals surface area contributed by atoms with Crippen molar-refractivity contribution in [3.8, 4) is 0 Å². The van der Waals surface area contributed by atoms with Gasteiger partial charge in [0.15, 0.2) is 0 Å². The molecule has 0 saturated carbocycles. The molecule has 5 aromatic carbocycles. The predicted molar refractivity (Wildman–Crippen MR) is 260 cm³/mol. The van der Waals surface area contributed by atoms with Crippen LogP contribution in [0.2, 0.25) is 0 Å². The number of aliphatic hydroxyl groups excluding tert-OH is 4. The minimum absolute atomic E-state index is 0. The van der Waals surface area contributed by atoms with E-state index in [1.807, 2.05) is 55.5 Å². The van der Waals surface area contributed by atoms with Crippen LogP contribution in [-0.2, 0) is 53.6 Å². The number of rotatable bonds is 1. The first-order chi connectivity index (χ1) is 27.1.